The quantitative estimate of drug-likeness (QED) is 0.869. The van der Waals surface area contributed by atoms with Crippen molar-refractivity contribution in [1.29, 1.82) is 0 Å². The van der Waals surface area contributed by atoms with Crippen LogP contribution in [0.2, 0.25) is 0 Å². The Bertz CT molecular complexity index is 406. The molecule has 0 unspecified atom stereocenters. The number of pyridine rings is 1. The second-order valence-corrected chi connectivity index (χ2v) is 4.84. The van der Waals surface area contributed by atoms with Gasteiger partial charge in [-0.3, -0.25) is 4.90 Å². The van der Waals surface area contributed by atoms with Gasteiger partial charge in [-0.25, -0.2) is 9.78 Å². The fraction of sp³-hybridized carbons (Fsp3) is 0.538. The lowest BCUT2D eigenvalue weighted by Gasteiger charge is -2.30. The van der Waals surface area contributed by atoms with E-state index in [-0.39, 0.29) is 5.69 Å². The van der Waals surface area contributed by atoms with E-state index in [2.05, 4.69) is 16.8 Å². The molecule has 0 spiro atoms. The number of carboxylic acids is 1. The van der Waals surface area contributed by atoms with E-state index in [9.17, 15) is 4.79 Å². The Labute approximate surface area is 101 Å². The lowest BCUT2D eigenvalue weighted by atomic mass is 10.00. The monoisotopic (exact) mass is 234 g/mol. The van der Waals surface area contributed by atoms with Gasteiger partial charge in [0.25, 0.3) is 0 Å². The van der Waals surface area contributed by atoms with E-state index >= 15 is 0 Å². The number of nitrogens with zero attached hydrogens (tertiary/aromatic N) is 2. The van der Waals surface area contributed by atoms with Crippen LogP contribution >= 0.6 is 0 Å². The van der Waals surface area contributed by atoms with E-state index in [1.807, 2.05) is 6.07 Å². The fourth-order valence-corrected chi connectivity index (χ4v) is 2.38. The smallest absolute Gasteiger partial charge is 0.354 e. The van der Waals surface area contributed by atoms with Crippen LogP contribution in [-0.2, 0) is 6.54 Å². The van der Waals surface area contributed by atoms with Gasteiger partial charge in [-0.1, -0.05) is 6.92 Å². The zero-order chi connectivity index (χ0) is 12.3. The van der Waals surface area contributed by atoms with Crippen LogP contribution in [0.1, 0.15) is 35.8 Å². The molecule has 2 rings (SSSR count). The molecule has 1 N–H and O–H groups in total. The molecule has 1 fully saturated rings. The van der Waals surface area contributed by atoms with Gasteiger partial charge in [0.2, 0.25) is 0 Å². The predicted octanol–water partition coefficient (Wildman–Crippen LogP) is 2.01. The van der Waals surface area contributed by atoms with Crippen molar-refractivity contribution < 1.29 is 9.90 Å². The Kier molecular flexibility index (Phi) is 3.74. The third-order valence-corrected chi connectivity index (χ3v) is 3.19. The summed E-state index contributed by atoms with van der Waals surface area (Å²) in [6, 6.07) is 3.56. The minimum atomic E-state index is -0.959. The van der Waals surface area contributed by atoms with Crippen LogP contribution < -0.4 is 0 Å². The third kappa shape index (κ3) is 3.27. The van der Waals surface area contributed by atoms with E-state index < -0.39 is 5.97 Å². The molecule has 1 aromatic heterocycles. The first kappa shape index (κ1) is 12.0. The summed E-state index contributed by atoms with van der Waals surface area (Å²) in [6.45, 7) is 5.30. The van der Waals surface area contributed by atoms with Crippen molar-refractivity contribution in [3.63, 3.8) is 0 Å². The molecule has 17 heavy (non-hydrogen) atoms. The van der Waals surface area contributed by atoms with Crippen LogP contribution in [0.25, 0.3) is 0 Å². The molecule has 1 aromatic rings. The standard InChI is InChI=1S/C13H18N2O2/c1-10-3-2-6-15(8-10)9-11-4-5-14-12(7-11)13(16)17/h4-5,7,10H,2-3,6,8-9H2,1H3,(H,16,17)/t10-/m1/s1. The Morgan fingerprint density at radius 1 is 1.65 bits per heavy atom. The van der Waals surface area contributed by atoms with Crippen LogP contribution in [0.4, 0.5) is 0 Å². The van der Waals surface area contributed by atoms with Gasteiger partial charge in [-0.05, 0) is 43.0 Å². The molecule has 4 nitrogen and oxygen atoms in total. The molecule has 1 atom stereocenters. The molecule has 0 aliphatic carbocycles. The summed E-state index contributed by atoms with van der Waals surface area (Å²) in [5.41, 5.74) is 1.17. The first-order chi connectivity index (χ1) is 8.15. The molecule has 2 heterocycles. The second-order valence-electron chi connectivity index (χ2n) is 4.84. The van der Waals surface area contributed by atoms with Gasteiger partial charge in [0.05, 0.1) is 0 Å². The molecule has 1 saturated heterocycles. The van der Waals surface area contributed by atoms with Crippen LogP contribution in [0.3, 0.4) is 0 Å². The van der Waals surface area contributed by atoms with E-state index in [0.29, 0.717) is 0 Å². The van der Waals surface area contributed by atoms with E-state index in [1.165, 1.54) is 12.8 Å². The zero-order valence-electron chi connectivity index (χ0n) is 10.1. The first-order valence-corrected chi connectivity index (χ1v) is 6.05. The van der Waals surface area contributed by atoms with Gasteiger partial charge in [0.1, 0.15) is 5.69 Å². The molecular formula is C13H18N2O2. The van der Waals surface area contributed by atoms with Gasteiger partial charge in [-0.15, -0.1) is 0 Å². The maximum Gasteiger partial charge on any atom is 0.354 e. The molecule has 0 saturated carbocycles. The maximum atomic E-state index is 10.8. The minimum absolute atomic E-state index is 0.132. The van der Waals surface area contributed by atoms with Crippen molar-refractivity contribution in [3.05, 3.63) is 29.6 Å². The number of likely N-dealkylation sites (tertiary alicyclic amines) is 1. The van der Waals surface area contributed by atoms with Crippen molar-refractivity contribution in [2.75, 3.05) is 13.1 Å². The Hall–Kier alpha value is -1.42. The largest absolute Gasteiger partial charge is 0.477 e. The van der Waals surface area contributed by atoms with Crippen molar-refractivity contribution >= 4 is 5.97 Å². The van der Waals surface area contributed by atoms with Crippen molar-refractivity contribution in [1.82, 2.24) is 9.88 Å². The molecule has 4 heteroatoms. The molecule has 0 aromatic carbocycles. The zero-order valence-corrected chi connectivity index (χ0v) is 10.1. The SMILES string of the molecule is C[C@@H]1CCCN(Cc2ccnc(C(=O)O)c2)C1. The van der Waals surface area contributed by atoms with Crippen molar-refractivity contribution in [2.24, 2.45) is 5.92 Å². The number of piperidine rings is 1. The van der Waals surface area contributed by atoms with E-state index in [4.69, 9.17) is 5.11 Å². The summed E-state index contributed by atoms with van der Waals surface area (Å²) >= 11 is 0. The van der Waals surface area contributed by atoms with Gasteiger partial charge in [0, 0.05) is 19.3 Å². The first-order valence-electron chi connectivity index (χ1n) is 6.05. The lowest BCUT2D eigenvalue weighted by Crippen LogP contribution is -2.33. The fourth-order valence-electron chi connectivity index (χ4n) is 2.38. The summed E-state index contributed by atoms with van der Waals surface area (Å²) < 4.78 is 0. The average Bonchev–Trinajstić information content (AvgIpc) is 2.29. The summed E-state index contributed by atoms with van der Waals surface area (Å²) in [4.78, 5) is 17.0. The number of rotatable bonds is 3. The molecule has 0 radical (unpaired) electrons. The molecule has 0 bridgehead atoms. The maximum absolute atomic E-state index is 10.8. The highest BCUT2D eigenvalue weighted by Gasteiger charge is 2.16. The van der Waals surface area contributed by atoms with Gasteiger partial charge < -0.3 is 5.11 Å². The third-order valence-electron chi connectivity index (χ3n) is 3.19. The molecule has 1 aliphatic rings. The topological polar surface area (TPSA) is 53.4 Å². The van der Waals surface area contributed by atoms with Crippen LogP contribution in [0.5, 0.6) is 0 Å². The van der Waals surface area contributed by atoms with E-state index in [1.54, 1.807) is 12.3 Å². The van der Waals surface area contributed by atoms with Crippen LogP contribution in [0.15, 0.2) is 18.3 Å². The van der Waals surface area contributed by atoms with Gasteiger partial charge >= 0.3 is 5.97 Å². The summed E-state index contributed by atoms with van der Waals surface area (Å²) in [5.74, 6) is -0.219. The van der Waals surface area contributed by atoms with Crippen LogP contribution in [-0.4, -0.2) is 34.0 Å². The number of hydrogen-bond acceptors (Lipinski definition) is 3. The number of aromatic carboxylic acids is 1. The summed E-state index contributed by atoms with van der Waals surface area (Å²) in [6.07, 6.45) is 4.11. The Morgan fingerprint density at radius 3 is 3.18 bits per heavy atom. The second kappa shape index (κ2) is 5.27. The highest BCUT2D eigenvalue weighted by atomic mass is 16.4. The van der Waals surface area contributed by atoms with Gasteiger partial charge in [0.15, 0.2) is 0 Å². The van der Waals surface area contributed by atoms with E-state index in [0.717, 1.165) is 31.1 Å². The number of aromatic nitrogens is 1. The summed E-state index contributed by atoms with van der Waals surface area (Å²) in [5, 5.41) is 8.88. The summed E-state index contributed by atoms with van der Waals surface area (Å²) in [7, 11) is 0. The van der Waals surface area contributed by atoms with Gasteiger partial charge in [-0.2, -0.15) is 0 Å². The lowest BCUT2D eigenvalue weighted by molar-refractivity contribution is 0.0690. The number of carbonyl (C=O) groups is 1. The highest BCUT2D eigenvalue weighted by molar-refractivity contribution is 5.85. The highest BCUT2D eigenvalue weighted by Crippen LogP contribution is 2.17. The Balaban J connectivity index is 2.02. The predicted molar refractivity (Wildman–Crippen MR) is 64.9 cm³/mol. The number of hydrogen-bond donors (Lipinski definition) is 1. The molecule has 0 amide bonds. The normalized spacial score (nSPS) is 21.4. The number of carboxylic acid groups (broad SMARTS) is 1. The van der Waals surface area contributed by atoms with Crippen molar-refractivity contribution in [3.8, 4) is 0 Å². The molecular weight excluding hydrogens is 216 g/mol. The molecule has 1 aliphatic heterocycles. The van der Waals surface area contributed by atoms with Crippen molar-refractivity contribution in [2.45, 2.75) is 26.3 Å². The average molecular weight is 234 g/mol. The van der Waals surface area contributed by atoms with Crippen LogP contribution in [0, 0.1) is 5.92 Å². The molecule has 92 valence electrons. The minimum Gasteiger partial charge on any atom is -0.477 e. The Morgan fingerprint density at radius 2 is 2.47 bits per heavy atom.